The highest BCUT2D eigenvalue weighted by Gasteiger charge is 2.08. The van der Waals surface area contributed by atoms with Crippen molar-refractivity contribution in [1.82, 2.24) is 10.3 Å². The highest BCUT2D eigenvalue weighted by atomic mass is 32.1. The van der Waals surface area contributed by atoms with E-state index in [1.54, 1.807) is 11.3 Å². The lowest BCUT2D eigenvalue weighted by Crippen LogP contribution is -2.21. The molecule has 5 heteroatoms. The summed E-state index contributed by atoms with van der Waals surface area (Å²) in [7, 11) is 0. The Morgan fingerprint density at radius 2 is 2.50 bits per heavy atom. The van der Waals surface area contributed by atoms with Gasteiger partial charge in [-0.15, -0.1) is 11.3 Å². The third kappa shape index (κ3) is 3.43. The SMILES string of the molecule is Cc1csc(C(C)NCCC(=O)O)n1. The molecule has 2 N–H and O–H groups in total. The molecular formula is C9H14N2O2S. The Hall–Kier alpha value is -0.940. The minimum absolute atomic E-state index is 0.132. The molecule has 1 unspecified atom stereocenters. The highest BCUT2D eigenvalue weighted by Crippen LogP contribution is 2.16. The van der Waals surface area contributed by atoms with Gasteiger partial charge in [0, 0.05) is 17.6 Å². The van der Waals surface area contributed by atoms with Crippen LogP contribution in [0.1, 0.15) is 30.1 Å². The fourth-order valence-electron chi connectivity index (χ4n) is 1.05. The third-order valence-electron chi connectivity index (χ3n) is 1.80. The summed E-state index contributed by atoms with van der Waals surface area (Å²) in [6.07, 6.45) is 0.148. The molecule has 0 bridgehead atoms. The zero-order valence-corrected chi connectivity index (χ0v) is 9.10. The summed E-state index contributed by atoms with van der Waals surface area (Å²) in [6, 6.07) is 0.132. The molecule has 0 radical (unpaired) electrons. The lowest BCUT2D eigenvalue weighted by Gasteiger charge is -2.09. The zero-order chi connectivity index (χ0) is 10.6. The molecule has 0 aromatic carbocycles. The van der Waals surface area contributed by atoms with Gasteiger partial charge in [0.15, 0.2) is 0 Å². The first-order chi connectivity index (χ1) is 6.59. The molecule has 0 aliphatic rings. The fourth-order valence-corrected chi connectivity index (χ4v) is 1.88. The third-order valence-corrected chi connectivity index (χ3v) is 2.94. The van der Waals surface area contributed by atoms with Crippen LogP contribution in [0.4, 0.5) is 0 Å². The fraction of sp³-hybridized carbons (Fsp3) is 0.556. The van der Waals surface area contributed by atoms with Gasteiger partial charge in [-0.3, -0.25) is 4.79 Å². The van der Waals surface area contributed by atoms with Gasteiger partial charge in [0.25, 0.3) is 0 Å². The van der Waals surface area contributed by atoms with Crippen LogP contribution in [0.15, 0.2) is 5.38 Å². The summed E-state index contributed by atoms with van der Waals surface area (Å²) in [6.45, 7) is 4.42. The number of nitrogens with one attached hydrogen (secondary N) is 1. The number of thiazole rings is 1. The second-order valence-electron chi connectivity index (χ2n) is 3.15. The molecule has 0 spiro atoms. The van der Waals surface area contributed by atoms with Gasteiger partial charge in [-0.25, -0.2) is 4.98 Å². The largest absolute Gasteiger partial charge is 0.481 e. The van der Waals surface area contributed by atoms with E-state index < -0.39 is 5.97 Å². The van der Waals surface area contributed by atoms with Gasteiger partial charge < -0.3 is 10.4 Å². The Bertz CT molecular complexity index is 312. The predicted molar refractivity (Wildman–Crippen MR) is 55.5 cm³/mol. The standard InChI is InChI=1S/C9H14N2O2S/c1-6-5-14-9(11-6)7(2)10-4-3-8(12)13/h5,7,10H,3-4H2,1-2H3,(H,12,13). The van der Waals surface area contributed by atoms with E-state index in [1.165, 1.54) is 0 Å². The van der Waals surface area contributed by atoms with Gasteiger partial charge in [-0.2, -0.15) is 0 Å². The second-order valence-corrected chi connectivity index (χ2v) is 4.04. The Morgan fingerprint density at radius 1 is 1.79 bits per heavy atom. The molecule has 0 aliphatic carbocycles. The molecule has 1 heterocycles. The summed E-state index contributed by atoms with van der Waals surface area (Å²) in [5.74, 6) is -0.778. The molecule has 14 heavy (non-hydrogen) atoms. The lowest BCUT2D eigenvalue weighted by atomic mass is 10.3. The van der Waals surface area contributed by atoms with Gasteiger partial charge >= 0.3 is 5.97 Å². The first-order valence-electron chi connectivity index (χ1n) is 4.47. The maximum Gasteiger partial charge on any atom is 0.304 e. The summed E-state index contributed by atoms with van der Waals surface area (Å²) in [4.78, 5) is 14.6. The number of carboxylic acid groups (broad SMARTS) is 1. The monoisotopic (exact) mass is 214 g/mol. The van der Waals surface area contributed by atoms with Crippen molar-refractivity contribution >= 4 is 17.3 Å². The molecule has 0 amide bonds. The molecule has 78 valence electrons. The topological polar surface area (TPSA) is 62.2 Å². The van der Waals surface area contributed by atoms with Crippen molar-refractivity contribution in [1.29, 1.82) is 0 Å². The molecule has 1 atom stereocenters. The van der Waals surface area contributed by atoms with Crippen LogP contribution < -0.4 is 5.32 Å². The lowest BCUT2D eigenvalue weighted by molar-refractivity contribution is -0.136. The highest BCUT2D eigenvalue weighted by molar-refractivity contribution is 7.09. The summed E-state index contributed by atoms with van der Waals surface area (Å²) in [5.41, 5.74) is 1.01. The van der Waals surface area contributed by atoms with Crippen molar-refractivity contribution in [2.45, 2.75) is 26.3 Å². The van der Waals surface area contributed by atoms with Crippen molar-refractivity contribution < 1.29 is 9.90 Å². The Balaban J connectivity index is 2.35. The molecule has 0 aliphatic heterocycles. The normalized spacial score (nSPS) is 12.7. The number of carboxylic acids is 1. The molecular weight excluding hydrogens is 200 g/mol. The maximum atomic E-state index is 10.3. The van der Waals surface area contributed by atoms with Crippen molar-refractivity contribution in [3.05, 3.63) is 16.1 Å². The Kier molecular flexibility index (Phi) is 4.03. The van der Waals surface area contributed by atoms with Crippen molar-refractivity contribution in [3.8, 4) is 0 Å². The van der Waals surface area contributed by atoms with Crippen LogP contribution in [-0.4, -0.2) is 22.6 Å². The average Bonchev–Trinajstić information content (AvgIpc) is 2.51. The minimum Gasteiger partial charge on any atom is -0.481 e. The van der Waals surface area contributed by atoms with Gasteiger partial charge in [0.05, 0.1) is 12.5 Å². The van der Waals surface area contributed by atoms with Crippen LogP contribution in [0.3, 0.4) is 0 Å². The Morgan fingerprint density at radius 3 is 3.00 bits per heavy atom. The van der Waals surface area contributed by atoms with Crippen LogP contribution >= 0.6 is 11.3 Å². The quantitative estimate of drug-likeness (QED) is 0.781. The van der Waals surface area contributed by atoms with E-state index in [0.29, 0.717) is 6.54 Å². The Labute approximate surface area is 87.0 Å². The van der Waals surface area contributed by atoms with Crippen LogP contribution in [0.5, 0.6) is 0 Å². The predicted octanol–water partition coefficient (Wildman–Crippen LogP) is 1.58. The van der Waals surface area contributed by atoms with Crippen molar-refractivity contribution in [2.75, 3.05) is 6.54 Å². The van der Waals surface area contributed by atoms with E-state index in [1.807, 2.05) is 19.2 Å². The van der Waals surface area contributed by atoms with Crippen LogP contribution in [0.2, 0.25) is 0 Å². The minimum atomic E-state index is -0.778. The number of rotatable bonds is 5. The molecule has 0 fully saturated rings. The average molecular weight is 214 g/mol. The number of aliphatic carboxylic acids is 1. The zero-order valence-electron chi connectivity index (χ0n) is 8.28. The first-order valence-corrected chi connectivity index (χ1v) is 5.34. The molecule has 1 aromatic heterocycles. The van der Waals surface area contributed by atoms with Gasteiger partial charge in [0.1, 0.15) is 5.01 Å². The number of aryl methyl sites for hydroxylation is 1. The number of carbonyl (C=O) groups is 1. The van der Waals surface area contributed by atoms with Crippen molar-refractivity contribution in [3.63, 3.8) is 0 Å². The van der Waals surface area contributed by atoms with Gasteiger partial charge in [-0.1, -0.05) is 0 Å². The molecule has 1 rings (SSSR count). The number of hydrogen-bond acceptors (Lipinski definition) is 4. The smallest absolute Gasteiger partial charge is 0.304 e. The van der Waals surface area contributed by atoms with Crippen LogP contribution in [-0.2, 0) is 4.79 Å². The molecule has 4 nitrogen and oxygen atoms in total. The van der Waals surface area contributed by atoms with Crippen molar-refractivity contribution in [2.24, 2.45) is 0 Å². The number of hydrogen-bond donors (Lipinski definition) is 2. The van der Waals surface area contributed by atoms with E-state index >= 15 is 0 Å². The van der Waals surface area contributed by atoms with Crippen LogP contribution in [0, 0.1) is 6.92 Å². The second kappa shape index (κ2) is 5.07. The van der Waals surface area contributed by atoms with Gasteiger partial charge in [0.2, 0.25) is 0 Å². The summed E-state index contributed by atoms with van der Waals surface area (Å²) < 4.78 is 0. The van der Waals surface area contributed by atoms with E-state index in [9.17, 15) is 4.79 Å². The van der Waals surface area contributed by atoms with Gasteiger partial charge in [-0.05, 0) is 13.8 Å². The summed E-state index contributed by atoms with van der Waals surface area (Å²) >= 11 is 1.60. The van der Waals surface area contributed by atoms with E-state index in [4.69, 9.17) is 5.11 Å². The van der Waals surface area contributed by atoms with E-state index in [0.717, 1.165) is 10.7 Å². The first kappa shape index (κ1) is 11.1. The number of nitrogens with zero attached hydrogens (tertiary/aromatic N) is 1. The van der Waals surface area contributed by atoms with Crippen LogP contribution in [0.25, 0.3) is 0 Å². The number of aromatic nitrogens is 1. The summed E-state index contributed by atoms with van der Waals surface area (Å²) in [5, 5.41) is 14.6. The van der Waals surface area contributed by atoms with E-state index in [2.05, 4.69) is 10.3 Å². The van der Waals surface area contributed by atoms with E-state index in [-0.39, 0.29) is 12.5 Å². The maximum absolute atomic E-state index is 10.3. The molecule has 0 saturated heterocycles. The molecule has 1 aromatic rings. The molecule has 0 saturated carbocycles.